The fraction of sp³-hybridized carbons (Fsp3) is 0.406. The third kappa shape index (κ3) is 8.68. The topological polar surface area (TPSA) is 74.8 Å². The number of rotatable bonds is 12. The summed E-state index contributed by atoms with van der Waals surface area (Å²) >= 11 is 1.50. The molecule has 40 heavy (non-hydrogen) atoms. The van der Waals surface area contributed by atoms with Gasteiger partial charge in [-0.3, -0.25) is 0 Å². The molecule has 4 rings (SSSR count). The molecule has 3 aromatic carbocycles. The predicted octanol–water partition coefficient (Wildman–Crippen LogP) is 10.8. The number of hydrogen-bond donors (Lipinski definition) is 0. The summed E-state index contributed by atoms with van der Waals surface area (Å²) in [5.74, 6) is 1.50. The van der Waals surface area contributed by atoms with E-state index in [1.54, 1.807) is 0 Å². The van der Waals surface area contributed by atoms with Gasteiger partial charge in [-0.05, 0) is 105 Å². The van der Waals surface area contributed by atoms with E-state index in [2.05, 4.69) is 84.0 Å². The molecule has 0 bridgehead atoms. The van der Waals surface area contributed by atoms with Crippen LogP contribution in [0.2, 0.25) is 0 Å². The molecule has 0 spiro atoms. The van der Waals surface area contributed by atoms with Crippen LogP contribution in [0, 0.1) is 11.3 Å². The van der Waals surface area contributed by atoms with Gasteiger partial charge in [-0.15, -0.1) is 10.2 Å². The third-order valence-electron chi connectivity index (χ3n) is 6.55. The minimum Gasteiger partial charge on any atom is -0.494 e. The Morgan fingerprint density at radius 2 is 1.40 bits per heavy atom. The lowest BCUT2D eigenvalue weighted by atomic mass is 9.84. The largest absolute Gasteiger partial charge is 0.494 e. The molecule has 1 aromatic heterocycles. The van der Waals surface area contributed by atoms with Crippen molar-refractivity contribution < 1.29 is 4.74 Å². The van der Waals surface area contributed by atoms with Gasteiger partial charge in [0.05, 0.1) is 33.9 Å². The number of aromatic nitrogens is 1. The minimum absolute atomic E-state index is 0.345. The van der Waals surface area contributed by atoms with Crippen molar-refractivity contribution >= 4 is 49.4 Å². The van der Waals surface area contributed by atoms with Gasteiger partial charge < -0.3 is 9.64 Å². The van der Waals surface area contributed by atoms with Crippen molar-refractivity contribution in [1.82, 2.24) is 4.98 Å². The van der Waals surface area contributed by atoms with Gasteiger partial charge in [0, 0.05) is 18.8 Å². The Kier molecular flexibility index (Phi) is 9.98. The molecule has 1 unspecified atom stereocenters. The Balaban J connectivity index is 1.32. The molecule has 0 fully saturated rings. The van der Waals surface area contributed by atoms with Gasteiger partial charge >= 0.3 is 0 Å². The van der Waals surface area contributed by atoms with Crippen LogP contribution in [0.4, 0.5) is 27.9 Å². The van der Waals surface area contributed by atoms with Crippen molar-refractivity contribution in [1.29, 1.82) is 0 Å². The summed E-state index contributed by atoms with van der Waals surface area (Å²) in [7, 11) is 0. The lowest BCUT2D eigenvalue weighted by Gasteiger charge is -2.23. The Morgan fingerprint density at radius 3 is 1.98 bits per heavy atom. The molecule has 0 saturated carbocycles. The van der Waals surface area contributed by atoms with E-state index in [1.165, 1.54) is 23.4 Å². The normalized spacial score (nSPS) is 12.9. The van der Waals surface area contributed by atoms with Crippen LogP contribution in [0.1, 0.15) is 54.4 Å². The molecule has 0 amide bonds. The van der Waals surface area contributed by atoms with Gasteiger partial charge in [-0.2, -0.15) is 10.2 Å². The SMILES string of the molecule is CCN(CC)c1ccc(N=Nc2ccc(N=Nc3nc4ccc(OCCC(C)CC(C)(C)C)cc4s3)cc2)cc1. The first-order valence-electron chi connectivity index (χ1n) is 14.0. The third-order valence-corrected chi connectivity index (χ3v) is 7.45. The molecule has 0 aliphatic heterocycles. The summed E-state index contributed by atoms with van der Waals surface area (Å²) in [6.07, 6.45) is 2.24. The highest BCUT2D eigenvalue weighted by Gasteiger charge is 2.15. The zero-order valence-electron chi connectivity index (χ0n) is 24.5. The Morgan fingerprint density at radius 1 is 0.825 bits per heavy atom. The molecule has 210 valence electrons. The summed E-state index contributed by atoms with van der Waals surface area (Å²) in [5, 5.41) is 18.0. The number of nitrogens with zero attached hydrogens (tertiary/aromatic N) is 6. The molecule has 0 radical (unpaired) electrons. The van der Waals surface area contributed by atoms with Gasteiger partial charge in [-0.25, -0.2) is 4.98 Å². The smallest absolute Gasteiger partial charge is 0.231 e. The highest BCUT2D eigenvalue weighted by atomic mass is 32.1. The molecule has 1 atom stereocenters. The number of benzene rings is 3. The van der Waals surface area contributed by atoms with Gasteiger partial charge in [0.1, 0.15) is 5.75 Å². The van der Waals surface area contributed by atoms with Crippen LogP contribution < -0.4 is 9.64 Å². The molecule has 0 N–H and O–H groups in total. The molecular weight excluding hydrogens is 516 g/mol. The van der Waals surface area contributed by atoms with E-state index in [0.29, 0.717) is 23.1 Å². The van der Waals surface area contributed by atoms with Crippen molar-refractivity contribution in [2.75, 3.05) is 24.6 Å². The van der Waals surface area contributed by atoms with Crippen molar-refractivity contribution in [3.8, 4) is 5.75 Å². The van der Waals surface area contributed by atoms with E-state index in [4.69, 9.17) is 4.74 Å². The van der Waals surface area contributed by atoms with Gasteiger partial charge in [0.2, 0.25) is 5.13 Å². The fourth-order valence-electron chi connectivity index (χ4n) is 4.67. The van der Waals surface area contributed by atoms with Gasteiger partial charge in [0.15, 0.2) is 0 Å². The minimum atomic E-state index is 0.345. The summed E-state index contributed by atoms with van der Waals surface area (Å²) in [4.78, 5) is 6.89. The quantitative estimate of drug-likeness (QED) is 0.163. The first kappa shape index (κ1) is 29.3. The van der Waals surface area contributed by atoms with Crippen molar-refractivity contribution in [2.45, 2.75) is 54.4 Å². The molecule has 7 nitrogen and oxygen atoms in total. The predicted molar refractivity (Wildman–Crippen MR) is 168 cm³/mol. The van der Waals surface area contributed by atoms with Crippen LogP contribution in [-0.2, 0) is 0 Å². The number of azo groups is 2. The number of anilines is 1. The van der Waals surface area contributed by atoms with Crippen LogP contribution in [0.25, 0.3) is 10.2 Å². The first-order chi connectivity index (χ1) is 19.2. The van der Waals surface area contributed by atoms with E-state index < -0.39 is 0 Å². The highest BCUT2D eigenvalue weighted by molar-refractivity contribution is 7.21. The zero-order chi connectivity index (χ0) is 28.5. The maximum absolute atomic E-state index is 6.03. The summed E-state index contributed by atoms with van der Waals surface area (Å²) in [5.41, 5.74) is 4.74. The number of thiazole rings is 1. The van der Waals surface area contributed by atoms with E-state index in [0.717, 1.165) is 52.5 Å². The van der Waals surface area contributed by atoms with Gasteiger partial charge in [-0.1, -0.05) is 39.0 Å². The second kappa shape index (κ2) is 13.6. The maximum atomic E-state index is 6.03. The van der Waals surface area contributed by atoms with Crippen molar-refractivity contribution in [3.05, 3.63) is 66.7 Å². The Labute approximate surface area is 242 Å². The Bertz CT molecular complexity index is 1420. The number of ether oxygens (including phenoxy) is 1. The van der Waals surface area contributed by atoms with Crippen LogP contribution in [0.15, 0.2) is 87.2 Å². The lowest BCUT2D eigenvalue weighted by molar-refractivity contribution is 0.241. The van der Waals surface area contributed by atoms with E-state index in [1.807, 2.05) is 54.6 Å². The summed E-state index contributed by atoms with van der Waals surface area (Å²) in [6.45, 7) is 16.1. The molecule has 0 aliphatic rings. The van der Waals surface area contributed by atoms with E-state index in [-0.39, 0.29) is 0 Å². The zero-order valence-corrected chi connectivity index (χ0v) is 25.3. The molecule has 0 saturated heterocycles. The fourth-order valence-corrected chi connectivity index (χ4v) is 5.49. The molecular formula is C32H40N6OS. The standard InChI is InChI=1S/C32H40N6OS/c1-7-38(8-2)27-15-13-26(14-16-27)35-34-24-9-11-25(12-10-24)36-37-31-33-29-18-17-28(21-30(29)40-31)39-20-19-23(3)22-32(4,5)6/h9-18,21,23H,7-8,19-20,22H2,1-6H3. The second-order valence-electron chi connectivity index (χ2n) is 11.2. The molecule has 1 heterocycles. The summed E-state index contributed by atoms with van der Waals surface area (Å²) < 4.78 is 7.06. The lowest BCUT2D eigenvalue weighted by Crippen LogP contribution is -2.21. The summed E-state index contributed by atoms with van der Waals surface area (Å²) in [6, 6.07) is 21.6. The number of hydrogen-bond acceptors (Lipinski definition) is 8. The Hall–Kier alpha value is -3.65. The van der Waals surface area contributed by atoms with Crippen LogP contribution in [0.3, 0.4) is 0 Å². The monoisotopic (exact) mass is 556 g/mol. The van der Waals surface area contributed by atoms with Gasteiger partial charge in [0.25, 0.3) is 0 Å². The van der Waals surface area contributed by atoms with Crippen LogP contribution in [-0.4, -0.2) is 24.7 Å². The van der Waals surface area contributed by atoms with Crippen molar-refractivity contribution in [2.24, 2.45) is 31.8 Å². The highest BCUT2D eigenvalue weighted by Crippen LogP contribution is 2.33. The average molecular weight is 557 g/mol. The van der Waals surface area contributed by atoms with Crippen LogP contribution in [0.5, 0.6) is 5.75 Å². The first-order valence-corrected chi connectivity index (χ1v) is 14.9. The van der Waals surface area contributed by atoms with E-state index in [9.17, 15) is 0 Å². The van der Waals surface area contributed by atoms with Crippen LogP contribution >= 0.6 is 11.3 Å². The molecule has 4 aromatic rings. The molecule has 0 aliphatic carbocycles. The number of fused-ring (bicyclic) bond motifs is 1. The molecule has 8 heteroatoms. The average Bonchev–Trinajstić information content (AvgIpc) is 3.34. The second-order valence-corrected chi connectivity index (χ2v) is 12.2. The maximum Gasteiger partial charge on any atom is 0.231 e. The van der Waals surface area contributed by atoms with Crippen molar-refractivity contribution in [3.63, 3.8) is 0 Å². The van der Waals surface area contributed by atoms with E-state index >= 15 is 0 Å².